The van der Waals surface area contributed by atoms with Gasteiger partial charge in [-0.15, -0.1) is 5.10 Å². The predicted molar refractivity (Wildman–Crippen MR) is 163 cm³/mol. The molecule has 7 rings (SSSR count). The Labute approximate surface area is 250 Å². The zero-order chi connectivity index (χ0) is 29.9. The number of aromatic nitrogens is 6. The Balaban J connectivity index is 1.32. The number of ketones is 1. The lowest BCUT2D eigenvalue weighted by atomic mass is 9.60. The molecule has 0 amide bonds. The van der Waals surface area contributed by atoms with E-state index in [2.05, 4.69) is 32.1 Å². The van der Waals surface area contributed by atoms with Gasteiger partial charge in [0.15, 0.2) is 5.78 Å². The predicted octanol–water partition coefficient (Wildman–Crippen LogP) is 4.61. The molecule has 9 nitrogen and oxygen atoms in total. The highest BCUT2D eigenvalue weighted by molar-refractivity contribution is 7.98. The number of fused-ring (bicyclic) bond motifs is 2. The average Bonchev–Trinajstić information content (AvgIpc) is 3.57. The van der Waals surface area contributed by atoms with E-state index in [4.69, 9.17) is 0 Å². The Bertz CT molecular complexity index is 1860. The van der Waals surface area contributed by atoms with Crippen LogP contribution >= 0.6 is 0 Å². The van der Waals surface area contributed by atoms with E-state index < -0.39 is 15.1 Å². The maximum atomic E-state index is 14.7. The van der Waals surface area contributed by atoms with Crippen LogP contribution in [-0.4, -0.2) is 62.3 Å². The third-order valence-electron chi connectivity index (χ3n) is 9.07. The van der Waals surface area contributed by atoms with E-state index in [0.29, 0.717) is 43.8 Å². The number of nitrogens with zero attached hydrogens (tertiary/aromatic N) is 7. The van der Waals surface area contributed by atoms with E-state index in [1.165, 1.54) is 12.1 Å². The number of carbonyl (C=O) groups excluding carboxylic acids is 1. The molecular formula is C32H34FN7O2S. The summed E-state index contributed by atoms with van der Waals surface area (Å²) in [5.74, 6) is 4.29. The van der Waals surface area contributed by atoms with Crippen LogP contribution in [0.25, 0.3) is 11.8 Å². The van der Waals surface area contributed by atoms with E-state index in [1.807, 2.05) is 28.0 Å². The number of carbonyl (C=O) groups is 1. The van der Waals surface area contributed by atoms with E-state index in [1.54, 1.807) is 42.6 Å². The second-order valence-corrected chi connectivity index (χ2v) is 14.3. The summed E-state index contributed by atoms with van der Waals surface area (Å²) in [5.41, 5.74) is 4.11. The van der Waals surface area contributed by atoms with Gasteiger partial charge in [0, 0.05) is 25.8 Å². The van der Waals surface area contributed by atoms with Crippen molar-refractivity contribution < 1.29 is 13.4 Å². The Hall–Kier alpha value is -3.96. The lowest BCUT2D eigenvalue weighted by molar-refractivity contribution is 0.0737. The van der Waals surface area contributed by atoms with Crippen LogP contribution in [0.5, 0.6) is 0 Å². The summed E-state index contributed by atoms with van der Waals surface area (Å²) in [5, 5.41) is 9.27. The van der Waals surface area contributed by atoms with Crippen molar-refractivity contribution in [1.82, 2.24) is 33.8 Å². The van der Waals surface area contributed by atoms with Gasteiger partial charge in [0.25, 0.3) is 0 Å². The molecule has 0 saturated heterocycles. The first-order valence-corrected chi connectivity index (χ1v) is 16.3. The van der Waals surface area contributed by atoms with Crippen LogP contribution in [0.2, 0.25) is 0 Å². The summed E-state index contributed by atoms with van der Waals surface area (Å²) in [7, 11) is -1.24. The number of benzene rings is 1. The van der Waals surface area contributed by atoms with Crippen LogP contribution in [-0.2, 0) is 23.2 Å². The highest BCUT2D eigenvalue weighted by atomic mass is 32.2. The van der Waals surface area contributed by atoms with Crippen LogP contribution in [0.3, 0.4) is 0 Å². The SMILES string of the molecule is C=S(=O)(c1ncn(C)n1)N(CC1CC1)[C@H]1CCC2=Cc3c(cnn3-c3ccc(F)cc3)C[C@]2(C(=O)c2cc(C)ccn2)C1. The first-order chi connectivity index (χ1) is 20.6. The maximum Gasteiger partial charge on any atom is 0.244 e. The first kappa shape index (κ1) is 27.8. The molecule has 3 atom stereocenters. The van der Waals surface area contributed by atoms with Gasteiger partial charge in [-0.25, -0.2) is 22.6 Å². The summed E-state index contributed by atoms with van der Waals surface area (Å²) in [6.45, 7) is 2.59. The minimum atomic E-state index is -3.00. The molecule has 2 fully saturated rings. The molecule has 0 N–H and O–H groups in total. The molecule has 0 bridgehead atoms. The van der Waals surface area contributed by atoms with Crippen LogP contribution in [0.1, 0.15) is 59.4 Å². The first-order valence-electron chi connectivity index (χ1n) is 14.6. The highest BCUT2D eigenvalue weighted by Crippen LogP contribution is 2.51. The number of hydrogen-bond donors (Lipinski definition) is 0. The number of allylic oxidation sites excluding steroid dienone is 1. The molecule has 0 aliphatic heterocycles. The lowest BCUT2D eigenvalue weighted by Gasteiger charge is -2.47. The minimum absolute atomic E-state index is 0.0368. The highest BCUT2D eigenvalue weighted by Gasteiger charge is 2.51. The Morgan fingerprint density at radius 2 is 1.98 bits per heavy atom. The van der Waals surface area contributed by atoms with Gasteiger partial charge in [0.05, 0.1) is 32.7 Å². The standard InChI is InChI=1S/C32H34FN7O2S/c1-21-12-13-34-28(14-21)30(41)32-16-23-18-36-40(26-10-7-25(33)8-11-26)29(23)15-24(32)6-9-27(17-32)39(19-22-4-5-22)43(3,42)31-35-20-38(2)37-31/h7-8,10-15,18,20,22,27H,3-6,9,16-17,19H2,1-2H3/t27-,32-,43?/m0/s1. The second-order valence-electron chi connectivity index (χ2n) is 12.2. The third kappa shape index (κ3) is 4.94. The zero-order valence-corrected chi connectivity index (χ0v) is 25.1. The number of hydrogen-bond acceptors (Lipinski definition) is 6. The minimum Gasteiger partial charge on any atom is -0.291 e. The molecule has 2 saturated carbocycles. The molecule has 43 heavy (non-hydrogen) atoms. The molecule has 3 aromatic heterocycles. The molecule has 1 aromatic carbocycles. The summed E-state index contributed by atoms with van der Waals surface area (Å²) in [6, 6.07) is 9.80. The number of Topliss-reactive ketones (excluding diaryl/α,β-unsaturated/α-hetero) is 1. The van der Waals surface area contributed by atoms with Gasteiger partial charge in [0.2, 0.25) is 5.16 Å². The molecule has 0 spiro atoms. The van der Waals surface area contributed by atoms with Gasteiger partial charge in [0.1, 0.15) is 17.8 Å². The van der Waals surface area contributed by atoms with Gasteiger partial charge in [-0.3, -0.25) is 14.5 Å². The van der Waals surface area contributed by atoms with Gasteiger partial charge in [-0.2, -0.15) is 5.10 Å². The van der Waals surface area contributed by atoms with E-state index >= 15 is 0 Å². The van der Waals surface area contributed by atoms with E-state index in [-0.39, 0.29) is 22.8 Å². The molecule has 3 aliphatic rings. The smallest absolute Gasteiger partial charge is 0.244 e. The zero-order valence-electron chi connectivity index (χ0n) is 24.3. The molecule has 11 heteroatoms. The van der Waals surface area contributed by atoms with Crippen molar-refractivity contribution in [2.45, 2.75) is 56.6 Å². The number of aryl methyl sites for hydroxylation is 2. The fourth-order valence-electron chi connectivity index (χ4n) is 6.66. The average molecular weight is 600 g/mol. The van der Waals surface area contributed by atoms with Crippen molar-refractivity contribution >= 4 is 27.4 Å². The molecule has 0 radical (unpaired) electrons. The summed E-state index contributed by atoms with van der Waals surface area (Å²) < 4.78 is 33.5. The van der Waals surface area contributed by atoms with Crippen molar-refractivity contribution in [3.63, 3.8) is 0 Å². The van der Waals surface area contributed by atoms with Crippen LogP contribution in [0, 0.1) is 24.1 Å². The van der Waals surface area contributed by atoms with Gasteiger partial charge < -0.3 is 0 Å². The van der Waals surface area contributed by atoms with Crippen molar-refractivity contribution in [3.8, 4) is 5.69 Å². The Morgan fingerprint density at radius 1 is 1.19 bits per heavy atom. The molecular weight excluding hydrogens is 565 g/mol. The number of pyridine rings is 1. The monoisotopic (exact) mass is 599 g/mol. The summed E-state index contributed by atoms with van der Waals surface area (Å²) in [6.07, 6.45) is 11.6. The molecule has 222 valence electrons. The van der Waals surface area contributed by atoms with Gasteiger partial charge >= 0.3 is 0 Å². The maximum absolute atomic E-state index is 14.7. The topological polar surface area (TPSA) is 98.8 Å². The molecule has 1 unspecified atom stereocenters. The second kappa shape index (κ2) is 10.3. The Morgan fingerprint density at radius 3 is 2.67 bits per heavy atom. The normalized spacial score (nSPS) is 22.9. The van der Waals surface area contributed by atoms with Crippen LogP contribution in [0.15, 0.2) is 65.8 Å². The molecule has 4 aromatic rings. The fourth-order valence-corrected chi connectivity index (χ4v) is 8.45. The van der Waals surface area contributed by atoms with Crippen molar-refractivity contribution in [2.75, 3.05) is 6.54 Å². The van der Waals surface area contributed by atoms with Crippen molar-refractivity contribution in [2.24, 2.45) is 18.4 Å². The fraction of sp³-hybridized carbons (Fsp3) is 0.375. The third-order valence-corrected chi connectivity index (χ3v) is 11.0. The van der Waals surface area contributed by atoms with Gasteiger partial charge in [-0.05, 0) is 111 Å². The Kier molecular flexibility index (Phi) is 6.70. The summed E-state index contributed by atoms with van der Waals surface area (Å²) in [4.78, 5) is 23.5. The molecule has 3 heterocycles. The summed E-state index contributed by atoms with van der Waals surface area (Å²) >= 11 is 0. The molecule has 3 aliphatic carbocycles. The van der Waals surface area contributed by atoms with E-state index in [0.717, 1.165) is 40.9 Å². The van der Waals surface area contributed by atoms with Crippen LogP contribution < -0.4 is 0 Å². The van der Waals surface area contributed by atoms with Gasteiger partial charge in [-0.1, -0.05) is 5.57 Å². The lowest BCUT2D eigenvalue weighted by Crippen LogP contribution is -2.51. The quantitative estimate of drug-likeness (QED) is 0.217. The van der Waals surface area contributed by atoms with E-state index in [9.17, 15) is 13.4 Å². The van der Waals surface area contributed by atoms with Crippen molar-refractivity contribution in [3.05, 3.63) is 89.0 Å². The largest absolute Gasteiger partial charge is 0.291 e. The number of rotatable bonds is 8. The number of halogens is 1. The van der Waals surface area contributed by atoms with Crippen LogP contribution in [0.4, 0.5) is 4.39 Å². The van der Waals surface area contributed by atoms with Crippen molar-refractivity contribution in [1.29, 1.82) is 0 Å².